The van der Waals surface area contributed by atoms with Gasteiger partial charge in [-0.3, -0.25) is 4.79 Å². The van der Waals surface area contributed by atoms with Crippen LogP contribution in [0.25, 0.3) is 0 Å². The molecule has 17 heavy (non-hydrogen) atoms. The van der Waals surface area contributed by atoms with Crippen molar-refractivity contribution < 1.29 is 4.79 Å². The van der Waals surface area contributed by atoms with Crippen molar-refractivity contribution >= 4 is 11.6 Å². The molecule has 1 atom stereocenters. The van der Waals surface area contributed by atoms with E-state index in [-0.39, 0.29) is 11.4 Å². The van der Waals surface area contributed by atoms with Crippen molar-refractivity contribution in [2.45, 2.75) is 52.5 Å². The van der Waals surface area contributed by atoms with Gasteiger partial charge < -0.3 is 4.90 Å². The SMILES string of the molecule is CC(=O)N1c2c(C)cccc2[C@H](C)CC1(C)C. The summed E-state index contributed by atoms with van der Waals surface area (Å²) in [5, 5.41) is 0. The van der Waals surface area contributed by atoms with Crippen molar-refractivity contribution in [1.82, 2.24) is 0 Å². The first-order valence-electron chi connectivity index (χ1n) is 6.25. The van der Waals surface area contributed by atoms with E-state index in [1.165, 1.54) is 11.1 Å². The third-order valence-electron chi connectivity index (χ3n) is 3.75. The number of benzene rings is 1. The average molecular weight is 231 g/mol. The predicted octanol–water partition coefficient (Wildman–Crippen LogP) is 3.63. The van der Waals surface area contributed by atoms with Crippen LogP contribution in [-0.4, -0.2) is 11.4 Å². The molecule has 0 fully saturated rings. The molecular weight excluding hydrogens is 210 g/mol. The van der Waals surface area contributed by atoms with Gasteiger partial charge in [0.25, 0.3) is 0 Å². The average Bonchev–Trinajstić information content (AvgIpc) is 2.17. The Morgan fingerprint density at radius 3 is 2.65 bits per heavy atom. The zero-order valence-corrected chi connectivity index (χ0v) is 11.4. The minimum atomic E-state index is -0.0929. The van der Waals surface area contributed by atoms with Crippen LogP contribution in [0, 0.1) is 6.92 Å². The van der Waals surface area contributed by atoms with Crippen LogP contribution in [-0.2, 0) is 4.79 Å². The van der Waals surface area contributed by atoms with Crippen LogP contribution in [0.4, 0.5) is 5.69 Å². The highest BCUT2D eigenvalue weighted by Crippen LogP contribution is 2.44. The Morgan fingerprint density at radius 1 is 1.41 bits per heavy atom. The van der Waals surface area contributed by atoms with Gasteiger partial charge in [0.15, 0.2) is 0 Å². The van der Waals surface area contributed by atoms with Gasteiger partial charge in [-0.1, -0.05) is 25.1 Å². The second-order valence-corrected chi connectivity index (χ2v) is 5.78. The Hall–Kier alpha value is -1.31. The number of hydrogen-bond acceptors (Lipinski definition) is 1. The van der Waals surface area contributed by atoms with E-state index in [4.69, 9.17) is 0 Å². The Bertz CT molecular complexity index is 462. The highest BCUT2D eigenvalue weighted by Gasteiger charge is 2.39. The smallest absolute Gasteiger partial charge is 0.224 e. The van der Waals surface area contributed by atoms with Gasteiger partial charge in [-0.15, -0.1) is 0 Å². The lowest BCUT2D eigenvalue weighted by Crippen LogP contribution is -2.51. The zero-order chi connectivity index (χ0) is 12.8. The fraction of sp³-hybridized carbons (Fsp3) is 0.533. The topological polar surface area (TPSA) is 20.3 Å². The van der Waals surface area contributed by atoms with E-state index in [9.17, 15) is 4.79 Å². The fourth-order valence-electron chi connectivity index (χ4n) is 3.22. The molecule has 1 aromatic carbocycles. The highest BCUT2D eigenvalue weighted by molar-refractivity contribution is 5.95. The minimum Gasteiger partial charge on any atom is -0.307 e. The number of fused-ring (bicyclic) bond motifs is 1. The fourth-order valence-corrected chi connectivity index (χ4v) is 3.22. The Kier molecular flexibility index (Phi) is 2.76. The molecule has 1 amide bonds. The van der Waals surface area contributed by atoms with Crippen molar-refractivity contribution in [3.63, 3.8) is 0 Å². The molecule has 0 radical (unpaired) electrons. The Labute approximate surface area is 104 Å². The van der Waals surface area contributed by atoms with E-state index in [2.05, 4.69) is 45.9 Å². The van der Waals surface area contributed by atoms with Crippen molar-refractivity contribution in [3.8, 4) is 0 Å². The molecule has 0 saturated heterocycles. The first-order chi connectivity index (χ1) is 7.84. The maximum atomic E-state index is 12.0. The van der Waals surface area contributed by atoms with Crippen molar-refractivity contribution in [2.75, 3.05) is 4.90 Å². The number of rotatable bonds is 0. The van der Waals surface area contributed by atoms with Crippen LogP contribution in [0.5, 0.6) is 0 Å². The summed E-state index contributed by atoms with van der Waals surface area (Å²) >= 11 is 0. The molecule has 0 bridgehead atoms. The van der Waals surface area contributed by atoms with Gasteiger partial charge in [0.05, 0.1) is 5.69 Å². The monoisotopic (exact) mass is 231 g/mol. The molecule has 0 aliphatic carbocycles. The normalized spacial score (nSPS) is 22.2. The number of hydrogen-bond donors (Lipinski definition) is 0. The van der Waals surface area contributed by atoms with Crippen molar-refractivity contribution in [1.29, 1.82) is 0 Å². The van der Waals surface area contributed by atoms with Crippen molar-refractivity contribution in [3.05, 3.63) is 29.3 Å². The first-order valence-corrected chi connectivity index (χ1v) is 6.25. The van der Waals surface area contributed by atoms with E-state index < -0.39 is 0 Å². The number of amides is 1. The van der Waals surface area contributed by atoms with Gasteiger partial charge >= 0.3 is 0 Å². The molecule has 0 saturated carbocycles. The number of carbonyl (C=O) groups excluding carboxylic acids is 1. The van der Waals surface area contributed by atoms with E-state index in [1.54, 1.807) is 6.92 Å². The molecule has 1 heterocycles. The first kappa shape index (κ1) is 12.2. The second kappa shape index (κ2) is 3.86. The zero-order valence-electron chi connectivity index (χ0n) is 11.4. The van der Waals surface area contributed by atoms with E-state index in [0.29, 0.717) is 5.92 Å². The van der Waals surface area contributed by atoms with Crippen LogP contribution < -0.4 is 4.90 Å². The summed E-state index contributed by atoms with van der Waals surface area (Å²) in [7, 11) is 0. The number of anilines is 1. The number of para-hydroxylation sites is 1. The molecule has 0 unspecified atom stereocenters. The van der Waals surface area contributed by atoms with E-state index >= 15 is 0 Å². The summed E-state index contributed by atoms with van der Waals surface area (Å²) < 4.78 is 0. The summed E-state index contributed by atoms with van der Waals surface area (Å²) in [6.45, 7) is 10.3. The van der Waals surface area contributed by atoms with Gasteiger partial charge in [0.1, 0.15) is 0 Å². The summed E-state index contributed by atoms with van der Waals surface area (Å²) in [6.07, 6.45) is 1.02. The molecule has 1 aromatic rings. The third-order valence-corrected chi connectivity index (χ3v) is 3.75. The van der Waals surface area contributed by atoms with Gasteiger partial charge in [0, 0.05) is 12.5 Å². The molecule has 0 spiro atoms. The molecule has 1 aliphatic rings. The van der Waals surface area contributed by atoms with Gasteiger partial charge in [-0.25, -0.2) is 0 Å². The highest BCUT2D eigenvalue weighted by atomic mass is 16.2. The molecule has 1 aliphatic heterocycles. The van der Waals surface area contributed by atoms with Gasteiger partial charge in [-0.05, 0) is 44.2 Å². The van der Waals surface area contributed by atoms with Crippen LogP contribution in [0.1, 0.15) is 51.2 Å². The summed E-state index contributed by atoms with van der Waals surface area (Å²) in [5.41, 5.74) is 3.53. The standard InChI is InChI=1S/C15H21NO/c1-10-7-6-8-13-11(2)9-15(4,5)16(12(3)17)14(10)13/h6-8,11H,9H2,1-5H3/t11-/m1/s1. The maximum absolute atomic E-state index is 12.0. The predicted molar refractivity (Wildman–Crippen MR) is 71.5 cm³/mol. The van der Waals surface area contributed by atoms with Crippen LogP contribution in [0.3, 0.4) is 0 Å². The second-order valence-electron chi connectivity index (χ2n) is 5.78. The maximum Gasteiger partial charge on any atom is 0.224 e. The lowest BCUT2D eigenvalue weighted by atomic mass is 9.79. The summed E-state index contributed by atoms with van der Waals surface area (Å²) in [6, 6.07) is 6.32. The molecule has 0 N–H and O–H groups in total. The molecule has 2 rings (SSSR count). The Balaban J connectivity index is 2.68. The molecule has 2 nitrogen and oxygen atoms in total. The molecule has 0 aromatic heterocycles. The van der Waals surface area contributed by atoms with E-state index in [1.807, 2.05) is 4.90 Å². The molecule has 92 valence electrons. The quantitative estimate of drug-likeness (QED) is 0.667. The number of aryl methyl sites for hydroxylation is 1. The van der Waals surface area contributed by atoms with Crippen LogP contribution >= 0.6 is 0 Å². The molecular formula is C15H21NO. The van der Waals surface area contributed by atoms with E-state index in [0.717, 1.165) is 12.1 Å². The van der Waals surface area contributed by atoms with Crippen LogP contribution in [0.15, 0.2) is 18.2 Å². The number of nitrogens with zero attached hydrogens (tertiary/aromatic N) is 1. The molecule has 2 heteroatoms. The van der Waals surface area contributed by atoms with Crippen LogP contribution in [0.2, 0.25) is 0 Å². The van der Waals surface area contributed by atoms with Gasteiger partial charge in [0.2, 0.25) is 5.91 Å². The third kappa shape index (κ3) is 1.86. The lowest BCUT2D eigenvalue weighted by Gasteiger charge is -2.46. The largest absolute Gasteiger partial charge is 0.307 e. The summed E-state index contributed by atoms with van der Waals surface area (Å²) in [4.78, 5) is 13.9. The summed E-state index contributed by atoms with van der Waals surface area (Å²) in [5.74, 6) is 0.646. The van der Waals surface area contributed by atoms with Gasteiger partial charge in [-0.2, -0.15) is 0 Å². The Morgan fingerprint density at radius 2 is 2.06 bits per heavy atom. The lowest BCUT2D eigenvalue weighted by molar-refractivity contribution is -0.117. The number of carbonyl (C=O) groups is 1. The van der Waals surface area contributed by atoms with Crippen molar-refractivity contribution in [2.24, 2.45) is 0 Å². The minimum absolute atomic E-state index is 0.0929.